The van der Waals surface area contributed by atoms with Gasteiger partial charge < -0.3 is 30.5 Å². The number of ether oxygens (including phenoxy) is 1. The van der Waals surface area contributed by atoms with Crippen molar-refractivity contribution in [3.05, 3.63) is 111 Å². The van der Waals surface area contributed by atoms with Crippen molar-refractivity contribution in [1.29, 1.82) is 0 Å². The fourth-order valence-corrected chi connectivity index (χ4v) is 6.02. The van der Waals surface area contributed by atoms with Gasteiger partial charge in [0.25, 0.3) is 0 Å². The van der Waals surface area contributed by atoms with Crippen LogP contribution in [0.2, 0.25) is 0 Å². The number of benzene rings is 3. The number of carboxylic acids is 1. The fourth-order valence-electron chi connectivity index (χ4n) is 6.02. The Morgan fingerprint density at radius 3 is 2.34 bits per heavy atom. The van der Waals surface area contributed by atoms with Gasteiger partial charge in [-0.3, -0.25) is 34.1 Å². The highest BCUT2D eigenvalue weighted by Crippen LogP contribution is 2.27. The molecule has 1 heterocycles. The minimum Gasteiger partial charge on any atom is -0.502 e. The second kappa shape index (κ2) is 18.2. The van der Waals surface area contributed by atoms with Crippen LogP contribution in [0.15, 0.2) is 72.8 Å². The van der Waals surface area contributed by atoms with Crippen LogP contribution in [0.25, 0.3) is 6.08 Å². The minimum absolute atomic E-state index is 0.00584. The number of carbonyl (C=O) groups excluding carboxylic acids is 5. The van der Waals surface area contributed by atoms with Gasteiger partial charge in [0.1, 0.15) is 18.1 Å². The third kappa shape index (κ3) is 10.8. The third-order valence-electron chi connectivity index (χ3n) is 8.67. The molecule has 278 valence electrons. The molecule has 1 fully saturated rings. The molecule has 3 aromatic carbocycles. The highest BCUT2D eigenvalue weighted by Gasteiger charge is 2.39. The van der Waals surface area contributed by atoms with Crippen LogP contribution in [0.5, 0.6) is 5.75 Å². The van der Waals surface area contributed by atoms with Crippen LogP contribution in [0.3, 0.4) is 0 Å². The van der Waals surface area contributed by atoms with Crippen LogP contribution in [-0.2, 0) is 35.1 Å². The van der Waals surface area contributed by atoms with E-state index in [-0.39, 0.29) is 36.9 Å². The van der Waals surface area contributed by atoms with Crippen LogP contribution < -0.4 is 10.6 Å². The summed E-state index contributed by atoms with van der Waals surface area (Å²) in [6, 6.07) is 14.0. The second-order valence-electron chi connectivity index (χ2n) is 12.6. The third-order valence-corrected chi connectivity index (χ3v) is 8.67. The lowest BCUT2D eigenvalue weighted by atomic mass is 10.0. The number of rotatable bonds is 16. The molecule has 3 aromatic rings. The summed E-state index contributed by atoms with van der Waals surface area (Å²) in [5.41, 5.74) is 1.97. The molecule has 3 amide bonds. The second-order valence-corrected chi connectivity index (χ2v) is 12.6. The summed E-state index contributed by atoms with van der Waals surface area (Å²) in [6.07, 6.45) is 2.85. The van der Waals surface area contributed by atoms with E-state index in [0.717, 1.165) is 17.7 Å². The van der Waals surface area contributed by atoms with Crippen LogP contribution in [0.1, 0.15) is 58.3 Å². The van der Waals surface area contributed by atoms with Crippen molar-refractivity contribution in [2.75, 3.05) is 13.2 Å². The normalized spacial score (nSPS) is 15.0. The molecular formula is C38H40N4O11. The molecule has 15 heteroatoms. The Bertz CT molecular complexity index is 1890. The first-order chi connectivity index (χ1) is 25.2. The fraction of sp³-hybridized carbons (Fsp3) is 0.316. The number of likely N-dealkylation sites (tertiary alicyclic amines) is 1. The number of aryl methyl sites for hydroxylation is 2. The molecule has 0 bridgehead atoms. The van der Waals surface area contributed by atoms with Crippen LogP contribution >= 0.6 is 0 Å². The number of hydrogen-bond acceptors (Lipinski definition) is 10. The molecular weight excluding hydrogens is 688 g/mol. The quantitative estimate of drug-likeness (QED) is 0.0950. The lowest BCUT2D eigenvalue weighted by Crippen LogP contribution is -2.55. The molecule has 3 atom stereocenters. The number of hydrogen-bond donors (Lipinski definition) is 4. The Labute approximate surface area is 304 Å². The number of nitro benzene ring substituents is 1. The average molecular weight is 729 g/mol. The molecule has 0 aromatic heterocycles. The number of nitrogens with one attached hydrogen (secondary N) is 2. The number of phenols is 1. The topological polar surface area (TPSA) is 223 Å². The van der Waals surface area contributed by atoms with E-state index in [4.69, 9.17) is 4.74 Å². The van der Waals surface area contributed by atoms with Crippen molar-refractivity contribution in [2.45, 2.75) is 64.1 Å². The monoisotopic (exact) mass is 728 g/mol. The molecule has 53 heavy (non-hydrogen) atoms. The molecule has 0 spiro atoms. The number of amides is 3. The van der Waals surface area contributed by atoms with Crippen molar-refractivity contribution < 1.29 is 48.6 Å². The first-order valence-electron chi connectivity index (χ1n) is 16.8. The van der Waals surface area contributed by atoms with Crippen LogP contribution in [0, 0.1) is 24.0 Å². The summed E-state index contributed by atoms with van der Waals surface area (Å²) in [7, 11) is 0. The van der Waals surface area contributed by atoms with E-state index >= 15 is 0 Å². The highest BCUT2D eigenvalue weighted by molar-refractivity contribution is 5.98. The van der Waals surface area contributed by atoms with E-state index in [1.807, 2.05) is 30.3 Å². The van der Waals surface area contributed by atoms with Crippen molar-refractivity contribution in [1.82, 2.24) is 15.5 Å². The molecule has 0 aliphatic carbocycles. The molecule has 1 aliphatic heterocycles. The van der Waals surface area contributed by atoms with Gasteiger partial charge in [-0.2, -0.15) is 0 Å². The van der Waals surface area contributed by atoms with Gasteiger partial charge in [-0.05, 0) is 61.4 Å². The van der Waals surface area contributed by atoms with E-state index < -0.39 is 83.0 Å². The van der Waals surface area contributed by atoms with Crippen LogP contribution in [-0.4, -0.2) is 86.8 Å². The van der Waals surface area contributed by atoms with Crippen molar-refractivity contribution in [3.8, 4) is 5.75 Å². The molecule has 0 radical (unpaired) electrons. The number of carboxylic acid groups (broad SMARTS) is 1. The van der Waals surface area contributed by atoms with Gasteiger partial charge >= 0.3 is 17.6 Å². The van der Waals surface area contributed by atoms with E-state index in [2.05, 4.69) is 10.6 Å². The zero-order valence-corrected chi connectivity index (χ0v) is 29.2. The number of Topliss-reactive ketones (excluding diaryl/α,β-unsaturated/α-hetero) is 1. The zero-order chi connectivity index (χ0) is 38.7. The van der Waals surface area contributed by atoms with Gasteiger partial charge in [0.2, 0.25) is 17.7 Å². The average Bonchev–Trinajstić information content (AvgIpc) is 3.61. The Hall–Kier alpha value is -6.38. The van der Waals surface area contributed by atoms with E-state index in [1.165, 1.54) is 11.0 Å². The molecule has 15 nitrogen and oxygen atoms in total. The number of phenolic OH excluding ortho intramolecular Hbond substituents is 1. The zero-order valence-electron chi connectivity index (χ0n) is 29.2. The summed E-state index contributed by atoms with van der Waals surface area (Å²) in [5.74, 6) is -5.66. The summed E-state index contributed by atoms with van der Waals surface area (Å²) in [6.45, 7) is 2.73. The Morgan fingerprint density at radius 1 is 0.981 bits per heavy atom. The standard InChI is InChI=1S/C38H40N4O11/c1-23-9-6-10-24(2)35(23)38(50)53-22-32(44)28(21-34(46)47)40-36(48)29-15-8-18-41(29)37(49)27(14-7-13-25-11-4-3-5-12-25)39-33(45)20-26-16-17-31(43)30(19-26)42(51)52/h3-7,9-13,16-17,19,27-29,43H,8,14-15,18,20-22H2,1-2H3,(H,39,45)(H,40,48)(H,46,47)/b13-7+/t27-,28-,29?/m0/s1. The number of aliphatic carboxylic acids is 1. The Balaban J connectivity index is 1.48. The number of ketones is 1. The molecule has 0 saturated carbocycles. The van der Waals surface area contributed by atoms with Gasteiger partial charge in [0, 0.05) is 12.6 Å². The highest BCUT2D eigenvalue weighted by atomic mass is 16.6. The Kier molecular flexibility index (Phi) is 13.5. The lowest BCUT2D eigenvalue weighted by Gasteiger charge is -2.29. The number of carbonyl (C=O) groups is 6. The molecule has 4 N–H and O–H groups in total. The van der Waals surface area contributed by atoms with E-state index in [0.29, 0.717) is 17.5 Å². The molecule has 4 rings (SSSR count). The number of esters is 1. The lowest BCUT2D eigenvalue weighted by molar-refractivity contribution is -0.385. The van der Waals surface area contributed by atoms with E-state index in [9.17, 15) is 49.1 Å². The first kappa shape index (κ1) is 39.4. The van der Waals surface area contributed by atoms with Crippen molar-refractivity contribution in [3.63, 3.8) is 0 Å². The predicted molar refractivity (Wildman–Crippen MR) is 191 cm³/mol. The summed E-state index contributed by atoms with van der Waals surface area (Å²) in [4.78, 5) is 90.0. The maximum Gasteiger partial charge on any atom is 0.339 e. The number of nitro groups is 1. The van der Waals surface area contributed by atoms with Gasteiger partial charge in [-0.15, -0.1) is 0 Å². The first-order valence-corrected chi connectivity index (χ1v) is 16.8. The SMILES string of the molecule is Cc1cccc(C)c1C(=O)OCC(=O)[C@H](CC(=O)O)NC(=O)C1CCCN1C(=O)[C@H](C/C=C/c1ccccc1)NC(=O)Cc1ccc(O)c([N+](=O)[O-])c1. The Morgan fingerprint density at radius 2 is 1.68 bits per heavy atom. The van der Waals surface area contributed by atoms with Crippen molar-refractivity contribution >= 4 is 47.2 Å². The number of aromatic hydroxyl groups is 1. The van der Waals surface area contributed by atoms with Gasteiger partial charge in [0.15, 0.2) is 18.1 Å². The largest absolute Gasteiger partial charge is 0.502 e. The summed E-state index contributed by atoms with van der Waals surface area (Å²) < 4.78 is 5.20. The van der Waals surface area contributed by atoms with Gasteiger partial charge in [0.05, 0.1) is 23.3 Å². The van der Waals surface area contributed by atoms with Gasteiger partial charge in [-0.25, -0.2) is 4.79 Å². The minimum atomic E-state index is -1.57. The summed E-state index contributed by atoms with van der Waals surface area (Å²) >= 11 is 0. The number of nitrogens with zero attached hydrogens (tertiary/aromatic N) is 2. The summed E-state index contributed by atoms with van der Waals surface area (Å²) in [5, 5.41) is 35.6. The molecule has 1 aliphatic rings. The van der Waals surface area contributed by atoms with E-state index in [1.54, 1.807) is 44.2 Å². The maximum absolute atomic E-state index is 14.0. The van der Waals surface area contributed by atoms with Crippen LogP contribution in [0.4, 0.5) is 5.69 Å². The predicted octanol–water partition coefficient (Wildman–Crippen LogP) is 3.42. The van der Waals surface area contributed by atoms with Gasteiger partial charge in [-0.1, -0.05) is 66.7 Å². The van der Waals surface area contributed by atoms with Crippen molar-refractivity contribution in [2.24, 2.45) is 0 Å². The molecule has 1 unspecified atom stereocenters. The maximum atomic E-state index is 14.0. The molecule has 1 saturated heterocycles. The smallest absolute Gasteiger partial charge is 0.339 e.